The number of hydrogen-bond acceptors (Lipinski definition) is 6. The molecule has 2 aliphatic rings. The maximum atomic E-state index is 13.8. The molecule has 1 fully saturated rings. The van der Waals surface area contributed by atoms with Crippen LogP contribution < -0.4 is 10.1 Å². The topological polar surface area (TPSA) is 108 Å². The maximum absolute atomic E-state index is 13.8. The highest BCUT2D eigenvalue weighted by atomic mass is 127. The minimum Gasteiger partial charge on any atom is -0.482 e. The van der Waals surface area contributed by atoms with Crippen LogP contribution in [0.4, 0.5) is 0 Å². The Labute approximate surface area is 245 Å². The molecule has 1 heterocycles. The third-order valence-corrected chi connectivity index (χ3v) is 8.04. The van der Waals surface area contributed by atoms with Crippen molar-refractivity contribution < 1.29 is 29.3 Å². The lowest BCUT2D eigenvalue weighted by Gasteiger charge is -2.41. The molecule has 2 aromatic carbocycles. The predicted octanol–water partition coefficient (Wildman–Crippen LogP) is 3.72. The summed E-state index contributed by atoms with van der Waals surface area (Å²) < 4.78 is 12.7. The van der Waals surface area contributed by atoms with Crippen molar-refractivity contribution in [3.63, 3.8) is 0 Å². The third kappa shape index (κ3) is 7.00. The van der Waals surface area contributed by atoms with Crippen molar-refractivity contribution >= 4 is 57.6 Å². The molecule has 4 rings (SSSR count). The molecular weight excluding hydrogens is 646 g/mol. The molecule has 1 saturated heterocycles. The molecule has 0 bridgehead atoms. The number of carbonyl (C=O) groups is 2. The molecule has 3 N–H and O–H groups in total. The highest BCUT2D eigenvalue weighted by Crippen LogP contribution is 2.33. The van der Waals surface area contributed by atoms with E-state index in [1.807, 2.05) is 18.2 Å². The van der Waals surface area contributed by atoms with E-state index in [1.54, 1.807) is 30.3 Å². The average Bonchev–Trinajstić information content (AvgIpc) is 3.44. The fourth-order valence-corrected chi connectivity index (χ4v) is 5.60. The van der Waals surface area contributed by atoms with Crippen LogP contribution in [0.2, 0.25) is 10.0 Å². The van der Waals surface area contributed by atoms with Crippen molar-refractivity contribution in [3.05, 3.63) is 73.3 Å². The van der Waals surface area contributed by atoms with E-state index in [0.717, 1.165) is 9.99 Å². The summed E-state index contributed by atoms with van der Waals surface area (Å²) in [6, 6.07) is 11.5. The molecule has 0 aromatic heterocycles. The van der Waals surface area contributed by atoms with Gasteiger partial charge in [-0.1, -0.05) is 41.4 Å². The first-order valence-electron chi connectivity index (χ1n) is 12.3. The third-order valence-electron chi connectivity index (χ3n) is 6.56. The molecular formula is C27H29Cl2IN2O6. The lowest BCUT2D eigenvalue weighted by atomic mass is 9.87. The van der Waals surface area contributed by atoms with Gasteiger partial charge in [0.1, 0.15) is 24.1 Å². The minimum atomic E-state index is -1.16. The Bertz CT molecular complexity index is 1190. The van der Waals surface area contributed by atoms with E-state index < -0.39 is 30.3 Å². The number of rotatable bonds is 9. The highest BCUT2D eigenvalue weighted by Gasteiger charge is 2.42. The molecule has 2 amide bonds. The summed E-state index contributed by atoms with van der Waals surface area (Å²) >= 11 is 14.7. The van der Waals surface area contributed by atoms with Crippen molar-refractivity contribution in [2.45, 2.75) is 50.2 Å². The van der Waals surface area contributed by atoms with Crippen molar-refractivity contribution in [1.29, 1.82) is 0 Å². The molecule has 0 saturated carbocycles. The van der Waals surface area contributed by atoms with Crippen LogP contribution in [0.25, 0.3) is 0 Å². The van der Waals surface area contributed by atoms with Gasteiger partial charge in [0.2, 0.25) is 5.91 Å². The summed E-state index contributed by atoms with van der Waals surface area (Å²) in [6.45, 7) is 0.417. The van der Waals surface area contributed by atoms with Crippen molar-refractivity contribution in [2.75, 3.05) is 19.8 Å². The van der Waals surface area contributed by atoms with Crippen LogP contribution in [0, 0.1) is 3.57 Å². The molecule has 4 atom stereocenters. The SMILES string of the molecule is O=C(NCCO)C1=C[C@H](Oc2ccccc2I)[C@@H](O)[C@H](N(Cc2ccc(Cl)cc2Cl)C(=O)C2CCCO2)C1. The molecule has 0 spiro atoms. The van der Waals surface area contributed by atoms with E-state index in [9.17, 15) is 19.8 Å². The number of carbonyl (C=O) groups excluding carboxylic acids is 2. The molecule has 2 aromatic rings. The zero-order valence-electron chi connectivity index (χ0n) is 20.5. The van der Waals surface area contributed by atoms with Gasteiger partial charge in [0.25, 0.3) is 5.91 Å². The number of nitrogens with one attached hydrogen (secondary N) is 1. The van der Waals surface area contributed by atoms with E-state index in [0.29, 0.717) is 40.0 Å². The van der Waals surface area contributed by atoms with Gasteiger partial charge in [-0.2, -0.15) is 0 Å². The Morgan fingerprint density at radius 2 is 2.00 bits per heavy atom. The summed E-state index contributed by atoms with van der Waals surface area (Å²) in [5, 5.41) is 24.3. The standard InChI is InChI=1S/C27H29Cl2IN2O6/c28-18-8-7-16(19(29)14-18)15-32(27(36)23-6-3-11-37-23)21-12-17(26(35)31-9-10-33)13-24(25(21)34)38-22-5-2-1-4-20(22)30/h1-2,4-5,7-8,13-14,21,23-25,33-34H,3,6,9-12,15H2,(H,31,35)/t21-,23?,24+,25+/m1/s1. The van der Waals surface area contributed by atoms with Crippen LogP contribution in [0.3, 0.4) is 0 Å². The number of nitrogens with zero attached hydrogens (tertiary/aromatic N) is 1. The number of aliphatic hydroxyl groups excluding tert-OH is 2. The van der Waals surface area contributed by atoms with E-state index in [-0.39, 0.29) is 32.0 Å². The first kappa shape index (κ1) is 29.1. The number of benzene rings is 2. The molecule has 1 unspecified atom stereocenters. The fourth-order valence-electron chi connectivity index (χ4n) is 4.62. The summed E-state index contributed by atoms with van der Waals surface area (Å²) in [5.74, 6) is -0.147. The van der Waals surface area contributed by atoms with Crippen LogP contribution in [0.15, 0.2) is 54.1 Å². The van der Waals surface area contributed by atoms with Crippen molar-refractivity contribution in [3.8, 4) is 5.75 Å². The van der Waals surface area contributed by atoms with Crippen LogP contribution in [0.1, 0.15) is 24.8 Å². The number of ether oxygens (including phenoxy) is 2. The molecule has 0 radical (unpaired) electrons. The monoisotopic (exact) mass is 674 g/mol. The molecule has 8 nitrogen and oxygen atoms in total. The lowest BCUT2D eigenvalue weighted by molar-refractivity contribution is -0.149. The van der Waals surface area contributed by atoms with Crippen LogP contribution in [-0.4, -0.2) is 71.0 Å². The van der Waals surface area contributed by atoms with Crippen LogP contribution in [-0.2, 0) is 20.9 Å². The van der Waals surface area contributed by atoms with Crippen LogP contribution in [0.5, 0.6) is 5.75 Å². The van der Waals surface area contributed by atoms with E-state index >= 15 is 0 Å². The van der Waals surface area contributed by atoms with Gasteiger partial charge >= 0.3 is 0 Å². The maximum Gasteiger partial charge on any atom is 0.252 e. The van der Waals surface area contributed by atoms with Gasteiger partial charge in [0.05, 0.1) is 16.2 Å². The molecule has 204 valence electrons. The zero-order chi connectivity index (χ0) is 27.2. The number of amides is 2. The largest absolute Gasteiger partial charge is 0.482 e. The molecule has 1 aliphatic carbocycles. The van der Waals surface area contributed by atoms with Gasteiger partial charge < -0.3 is 29.9 Å². The number of halogens is 3. The summed E-state index contributed by atoms with van der Waals surface area (Å²) in [5.41, 5.74) is 0.988. The minimum absolute atomic E-state index is 0.0739. The Morgan fingerprint density at radius 1 is 1.21 bits per heavy atom. The van der Waals surface area contributed by atoms with Crippen molar-refractivity contribution in [1.82, 2.24) is 10.2 Å². The second kappa shape index (κ2) is 13.5. The normalized spacial score (nSPS) is 23.0. The van der Waals surface area contributed by atoms with Gasteiger partial charge in [-0.05, 0) is 71.3 Å². The number of aliphatic hydroxyl groups is 2. The van der Waals surface area contributed by atoms with E-state index in [2.05, 4.69) is 27.9 Å². The van der Waals surface area contributed by atoms with Gasteiger partial charge in [0, 0.05) is 41.7 Å². The Morgan fingerprint density at radius 3 is 2.68 bits per heavy atom. The first-order chi connectivity index (χ1) is 18.3. The summed E-state index contributed by atoms with van der Waals surface area (Å²) in [4.78, 5) is 28.3. The van der Waals surface area contributed by atoms with Crippen LogP contribution >= 0.6 is 45.8 Å². The second-order valence-electron chi connectivity index (χ2n) is 9.15. The number of para-hydroxylation sites is 1. The average molecular weight is 675 g/mol. The number of hydrogen-bond donors (Lipinski definition) is 3. The Hall–Kier alpha value is -1.89. The Balaban J connectivity index is 1.70. The summed E-state index contributed by atoms with van der Waals surface area (Å²) in [6.07, 6.45) is 0.256. The molecule has 38 heavy (non-hydrogen) atoms. The molecule has 1 aliphatic heterocycles. The fraction of sp³-hybridized carbons (Fsp3) is 0.407. The zero-order valence-corrected chi connectivity index (χ0v) is 24.2. The predicted molar refractivity (Wildman–Crippen MR) is 152 cm³/mol. The van der Waals surface area contributed by atoms with E-state index in [1.165, 1.54) is 4.90 Å². The van der Waals surface area contributed by atoms with Gasteiger partial charge in [-0.15, -0.1) is 0 Å². The first-order valence-corrected chi connectivity index (χ1v) is 14.2. The smallest absolute Gasteiger partial charge is 0.252 e. The van der Waals surface area contributed by atoms with E-state index in [4.69, 9.17) is 32.7 Å². The summed E-state index contributed by atoms with van der Waals surface area (Å²) in [7, 11) is 0. The van der Waals surface area contributed by atoms with Gasteiger partial charge in [0.15, 0.2) is 0 Å². The van der Waals surface area contributed by atoms with Gasteiger partial charge in [-0.25, -0.2) is 0 Å². The Kier molecular flexibility index (Phi) is 10.3. The van der Waals surface area contributed by atoms with Gasteiger partial charge in [-0.3, -0.25) is 9.59 Å². The lowest BCUT2D eigenvalue weighted by Crippen LogP contribution is -2.56. The molecule has 11 heteroatoms. The second-order valence-corrected chi connectivity index (χ2v) is 11.2. The van der Waals surface area contributed by atoms with Crippen molar-refractivity contribution in [2.24, 2.45) is 0 Å². The highest BCUT2D eigenvalue weighted by molar-refractivity contribution is 14.1. The quantitative estimate of drug-likeness (QED) is 0.350.